The van der Waals surface area contributed by atoms with Gasteiger partial charge in [0, 0.05) is 30.0 Å². The molecule has 0 unspecified atom stereocenters. The highest BCUT2D eigenvalue weighted by molar-refractivity contribution is 5.88. The van der Waals surface area contributed by atoms with Crippen LogP contribution in [0.3, 0.4) is 0 Å². The number of carbonyl (C=O) groups excluding carboxylic acids is 2. The Kier molecular flexibility index (Phi) is 5.25. The van der Waals surface area contributed by atoms with Gasteiger partial charge in [0.25, 0.3) is 0 Å². The Morgan fingerprint density at radius 1 is 1.00 bits per heavy atom. The van der Waals surface area contributed by atoms with Crippen LogP contribution in [-0.2, 0) is 9.59 Å². The molecule has 1 aliphatic carbocycles. The highest BCUT2D eigenvalue weighted by Gasteiger charge is 2.54. The van der Waals surface area contributed by atoms with Gasteiger partial charge in [0.2, 0.25) is 11.8 Å². The molecule has 5 nitrogen and oxygen atoms in total. The predicted octanol–water partition coefficient (Wildman–Crippen LogP) is 2.38. The number of hydrogen-bond acceptors (Lipinski definition) is 3. The van der Waals surface area contributed by atoms with Crippen molar-refractivity contribution in [2.24, 2.45) is 5.92 Å². The lowest BCUT2D eigenvalue weighted by atomic mass is 9.73. The fourth-order valence-corrected chi connectivity index (χ4v) is 4.84. The van der Waals surface area contributed by atoms with Gasteiger partial charge in [0.05, 0.1) is 25.2 Å². The lowest BCUT2D eigenvalue weighted by molar-refractivity contribution is -0.167. The van der Waals surface area contributed by atoms with Crippen LogP contribution in [0.4, 0.5) is 0 Å². The summed E-state index contributed by atoms with van der Waals surface area (Å²) in [4.78, 5) is 28.8. The van der Waals surface area contributed by atoms with Crippen molar-refractivity contribution in [3.8, 4) is 11.8 Å². The lowest BCUT2D eigenvalue weighted by Gasteiger charge is -2.58. The van der Waals surface area contributed by atoms with E-state index in [1.165, 1.54) is 0 Å². The molecule has 2 heterocycles. The SMILES string of the molecule is O=C(CC1CC1)N1CC(=O)N2[C@H](C1)[C@@H](c1ccc(C#Cc3ccccc3)cc1)[C@@H]2CO. The molecule has 3 fully saturated rings. The van der Waals surface area contributed by atoms with Gasteiger partial charge >= 0.3 is 0 Å². The molecule has 2 aromatic carbocycles. The molecule has 31 heavy (non-hydrogen) atoms. The van der Waals surface area contributed by atoms with Crippen molar-refractivity contribution in [3.63, 3.8) is 0 Å². The summed E-state index contributed by atoms with van der Waals surface area (Å²) in [6, 6.07) is 17.6. The van der Waals surface area contributed by atoms with E-state index < -0.39 is 0 Å². The second-order valence-electron chi connectivity index (χ2n) is 8.80. The maximum Gasteiger partial charge on any atom is 0.242 e. The summed E-state index contributed by atoms with van der Waals surface area (Å²) in [7, 11) is 0. The van der Waals surface area contributed by atoms with Crippen molar-refractivity contribution in [2.75, 3.05) is 19.7 Å². The van der Waals surface area contributed by atoms with Gasteiger partial charge in [-0.3, -0.25) is 9.59 Å². The molecule has 0 radical (unpaired) electrons. The first-order valence-corrected chi connectivity index (χ1v) is 11.0. The first-order chi connectivity index (χ1) is 15.1. The van der Waals surface area contributed by atoms with Gasteiger partial charge in [0.1, 0.15) is 0 Å². The van der Waals surface area contributed by atoms with Crippen LogP contribution in [0, 0.1) is 17.8 Å². The van der Waals surface area contributed by atoms with Crippen molar-refractivity contribution in [1.29, 1.82) is 0 Å². The largest absolute Gasteiger partial charge is 0.394 e. The van der Waals surface area contributed by atoms with Crippen LogP contribution in [0.25, 0.3) is 0 Å². The van der Waals surface area contributed by atoms with Crippen molar-refractivity contribution in [2.45, 2.75) is 37.3 Å². The summed E-state index contributed by atoms with van der Waals surface area (Å²) < 4.78 is 0. The molecule has 0 bridgehead atoms. The van der Waals surface area contributed by atoms with Crippen LogP contribution in [0.5, 0.6) is 0 Å². The fourth-order valence-electron chi connectivity index (χ4n) is 4.84. The molecule has 1 N–H and O–H groups in total. The highest BCUT2D eigenvalue weighted by atomic mass is 16.3. The standard InChI is InChI=1S/C26H26N2O3/c29-17-23-26(21-12-10-19(11-13-21)7-6-18-4-2-1-3-5-18)22-15-27(16-25(31)28(22)23)24(30)14-20-8-9-20/h1-5,10-13,20,22-23,26,29H,8-9,14-17H2/t22-,23+,26-/m1/s1. The molecule has 2 saturated heterocycles. The maximum absolute atomic E-state index is 12.7. The average Bonchev–Trinajstić information content (AvgIpc) is 3.59. The summed E-state index contributed by atoms with van der Waals surface area (Å²) >= 11 is 0. The highest BCUT2D eigenvalue weighted by Crippen LogP contribution is 2.43. The van der Waals surface area contributed by atoms with E-state index in [-0.39, 0.29) is 43.0 Å². The third-order valence-corrected chi connectivity index (χ3v) is 6.69. The number of aliphatic hydroxyl groups is 1. The van der Waals surface area contributed by atoms with Crippen LogP contribution in [0.1, 0.15) is 41.9 Å². The van der Waals surface area contributed by atoms with Crippen molar-refractivity contribution in [1.82, 2.24) is 9.80 Å². The molecule has 158 valence electrons. The summed E-state index contributed by atoms with van der Waals surface area (Å²) in [5, 5.41) is 9.94. The number of amides is 2. The topological polar surface area (TPSA) is 60.9 Å². The summed E-state index contributed by atoms with van der Waals surface area (Å²) in [6.45, 7) is 0.617. The van der Waals surface area contributed by atoms with Crippen molar-refractivity contribution < 1.29 is 14.7 Å². The van der Waals surface area contributed by atoms with E-state index in [9.17, 15) is 14.7 Å². The molecule has 2 aliphatic heterocycles. The minimum Gasteiger partial charge on any atom is -0.394 e. The fraction of sp³-hybridized carbons (Fsp3) is 0.385. The van der Waals surface area contributed by atoms with E-state index in [2.05, 4.69) is 11.8 Å². The number of hydrogen-bond donors (Lipinski definition) is 1. The van der Waals surface area contributed by atoms with Gasteiger partial charge in [-0.15, -0.1) is 0 Å². The van der Waals surface area contributed by atoms with E-state index >= 15 is 0 Å². The molecule has 1 saturated carbocycles. The average molecular weight is 415 g/mol. The van der Waals surface area contributed by atoms with Crippen molar-refractivity contribution in [3.05, 3.63) is 71.3 Å². The Morgan fingerprint density at radius 3 is 2.32 bits per heavy atom. The van der Waals surface area contributed by atoms with Crippen LogP contribution in [0.15, 0.2) is 54.6 Å². The Labute approximate surface area is 182 Å². The Bertz CT molecular complexity index is 1030. The number of carbonyl (C=O) groups is 2. The molecular weight excluding hydrogens is 388 g/mol. The zero-order valence-corrected chi connectivity index (χ0v) is 17.4. The smallest absolute Gasteiger partial charge is 0.242 e. The number of benzene rings is 2. The summed E-state index contributed by atoms with van der Waals surface area (Å²) in [5.74, 6) is 6.91. The monoisotopic (exact) mass is 414 g/mol. The van der Waals surface area contributed by atoms with Crippen molar-refractivity contribution >= 4 is 11.8 Å². The third-order valence-electron chi connectivity index (χ3n) is 6.69. The van der Waals surface area contributed by atoms with Crippen LogP contribution in [-0.4, -0.2) is 58.5 Å². The van der Waals surface area contributed by atoms with E-state index in [1.54, 1.807) is 9.80 Å². The van der Waals surface area contributed by atoms with Gasteiger partial charge in [0.15, 0.2) is 0 Å². The number of piperazine rings is 1. The van der Waals surface area contributed by atoms with E-state index in [4.69, 9.17) is 0 Å². The lowest BCUT2D eigenvalue weighted by Crippen LogP contribution is -2.73. The van der Waals surface area contributed by atoms with Crippen LogP contribution >= 0.6 is 0 Å². The zero-order chi connectivity index (χ0) is 21.4. The minimum atomic E-state index is -0.223. The number of aliphatic hydroxyl groups excluding tert-OH is 1. The van der Waals surface area contributed by atoms with Gasteiger partial charge in [-0.2, -0.15) is 0 Å². The first-order valence-electron chi connectivity index (χ1n) is 11.0. The normalized spacial score (nSPS) is 24.7. The van der Waals surface area contributed by atoms with E-state index in [1.807, 2.05) is 54.6 Å². The number of fused-ring (bicyclic) bond motifs is 1. The third kappa shape index (κ3) is 3.96. The van der Waals surface area contributed by atoms with E-state index in [0.29, 0.717) is 18.9 Å². The van der Waals surface area contributed by atoms with Gasteiger partial charge < -0.3 is 14.9 Å². The number of rotatable bonds is 4. The second kappa shape index (κ2) is 8.20. The first kappa shape index (κ1) is 19.8. The van der Waals surface area contributed by atoms with Gasteiger partial charge in [-0.1, -0.05) is 42.2 Å². The maximum atomic E-state index is 12.7. The Morgan fingerprint density at radius 2 is 1.68 bits per heavy atom. The molecular formula is C26H26N2O3. The molecule has 2 amide bonds. The second-order valence-corrected chi connectivity index (χ2v) is 8.80. The molecule has 0 aromatic heterocycles. The van der Waals surface area contributed by atoms with E-state index in [0.717, 1.165) is 29.5 Å². The predicted molar refractivity (Wildman–Crippen MR) is 117 cm³/mol. The van der Waals surface area contributed by atoms with Gasteiger partial charge in [-0.25, -0.2) is 0 Å². The molecule has 3 aliphatic rings. The molecule has 2 aromatic rings. The summed E-state index contributed by atoms with van der Waals surface area (Å²) in [6.07, 6.45) is 2.80. The quantitative estimate of drug-likeness (QED) is 0.782. The molecule has 0 spiro atoms. The van der Waals surface area contributed by atoms with Gasteiger partial charge in [-0.05, 0) is 48.6 Å². The Balaban J connectivity index is 1.32. The molecule has 5 rings (SSSR count). The summed E-state index contributed by atoms with van der Waals surface area (Å²) in [5.41, 5.74) is 2.97. The number of nitrogens with zero attached hydrogens (tertiary/aromatic N) is 2. The Hall–Kier alpha value is -3.10. The zero-order valence-electron chi connectivity index (χ0n) is 17.4. The van der Waals surface area contributed by atoms with Crippen LogP contribution in [0.2, 0.25) is 0 Å². The molecule has 5 heteroatoms. The molecule has 3 atom stereocenters. The minimum absolute atomic E-state index is 0.0293. The van der Waals surface area contributed by atoms with Crippen LogP contribution < -0.4 is 0 Å².